The van der Waals surface area contributed by atoms with Crippen LogP contribution in [-0.4, -0.2) is 5.11 Å². The van der Waals surface area contributed by atoms with E-state index >= 15 is 0 Å². The first-order chi connectivity index (χ1) is 9.77. The standard InChI is InChI=1S/C17H17F3O/c1-11-6-7-13(8-12(11)2)9-16(21)14-4-3-5-15(10-14)17(18,19)20/h3-8,10,16,21H,9H2,1-2H3. The molecule has 0 aliphatic heterocycles. The lowest BCUT2D eigenvalue weighted by Gasteiger charge is -2.14. The molecule has 2 aromatic carbocycles. The second-order valence-electron chi connectivity index (χ2n) is 5.26. The summed E-state index contributed by atoms with van der Waals surface area (Å²) in [6.07, 6.45) is -5.05. The number of hydrogen-bond acceptors (Lipinski definition) is 1. The molecule has 0 aliphatic carbocycles. The Morgan fingerprint density at radius 1 is 1.00 bits per heavy atom. The van der Waals surface area contributed by atoms with E-state index in [0.29, 0.717) is 6.42 Å². The molecule has 0 spiro atoms. The average molecular weight is 294 g/mol. The van der Waals surface area contributed by atoms with Crippen molar-refractivity contribution in [2.75, 3.05) is 0 Å². The molecule has 0 bridgehead atoms. The number of rotatable bonds is 3. The Morgan fingerprint density at radius 3 is 2.33 bits per heavy atom. The molecule has 0 aliphatic rings. The average Bonchev–Trinajstić information content (AvgIpc) is 2.42. The van der Waals surface area contributed by atoms with E-state index < -0.39 is 17.8 Å². The van der Waals surface area contributed by atoms with Crippen LogP contribution in [0.4, 0.5) is 13.2 Å². The van der Waals surface area contributed by atoms with Gasteiger partial charge in [0.1, 0.15) is 0 Å². The van der Waals surface area contributed by atoms with E-state index in [4.69, 9.17) is 0 Å². The van der Waals surface area contributed by atoms with E-state index in [1.54, 1.807) is 0 Å². The van der Waals surface area contributed by atoms with E-state index in [1.165, 1.54) is 12.1 Å². The minimum atomic E-state index is -4.39. The van der Waals surface area contributed by atoms with Gasteiger partial charge in [-0.05, 0) is 48.2 Å². The summed E-state index contributed by atoms with van der Waals surface area (Å²) in [6.45, 7) is 3.96. The van der Waals surface area contributed by atoms with E-state index in [-0.39, 0.29) is 5.56 Å². The highest BCUT2D eigenvalue weighted by Gasteiger charge is 2.30. The van der Waals surface area contributed by atoms with Crippen LogP contribution < -0.4 is 0 Å². The highest BCUT2D eigenvalue weighted by atomic mass is 19.4. The fourth-order valence-electron chi connectivity index (χ4n) is 2.19. The van der Waals surface area contributed by atoms with Crippen LogP contribution in [0.3, 0.4) is 0 Å². The van der Waals surface area contributed by atoms with Gasteiger partial charge in [0.05, 0.1) is 11.7 Å². The fraction of sp³-hybridized carbons (Fsp3) is 0.294. The number of aliphatic hydroxyl groups is 1. The minimum Gasteiger partial charge on any atom is -0.388 e. The summed E-state index contributed by atoms with van der Waals surface area (Å²) in [5.41, 5.74) is 2.70. The number of hydrogen-bond donors (Lipinski definition) is 1. The Kier molecular flexibility index (Phi) is 4.37. The van der Waals surface area contributed by atoms with E-state index in [1.807, 2.05) is 32.0 Å². The molecule has 21 heavy (non-hydrogen) atoms. The lowest BCUT2D eigenvalue weighted by atomic mass is 9.97. The van der Waals surface area contributed by atoms with Crippen molar-refractivity contribution in [3.8, 4) is 0 Å². The van der Waals surface area contributed by atoms with E-state index in [9.17, 15) is 18.3 Å². The third kappa shape index (κ3) is 3.85. The fourth-order valence-corrected chi connectivity index (χ4v) is 2.19. The quantitative estimate of drug-likeness (QED) is 0.877. The predicted octanol–water partition coefficient (Wildman–Crippen LogP) is 4.60. The highest BCUT2D eigenvalue weighted by Crippen LogP contribution is 2.31. The van der Waals surface area contributed by atoms with Crippen molar-refractivity contribution < 1.29 is 18.3 Å². The van der Waals surface area contributed by atoms with E-state index in [0.717, 1.165) is 28.8 Å². The maximum atomic E-state index is 12.7. The number of aryl methyl sites for hydroxylation is 2. The third-order valence-corrected chi connectivity index (χ3v) is 3.60. The molecule has 4 heteroatoms. The monoisotopic (exact) mass is 294 g/mol. The van der Waals surface area contributed by atoms with E-state index in [2.05, 4.69) is 0 Å². The first kappa shape index (κ1) is 15.6. The molecule has 0 heterocycles. The molecular weight excluding hydrogens is 277 g/mol. The second-order valence-corrected chi connectivity index (χ2v) is 5.26. The Labute approximate surface area is 122 Å². The van der Waals surface area contributed by atoms with Crippen LogP contribution in [0.25, 0.3) is 0 Å². The summed E-state index contributed by atoms with van der Waals surface area (Å²) in [4.78, 5) is 0. The number of halogens is 3. The lowest BCUT2D eigenvalue weighted by molar-refractivity contribution is -0.137. The van der Waals surface area contributed by atoms with Crippen LogP contribution in [0, 0.1) is 13.8 Å². The van der Waals surface area contributed by atoms with Gasteiger partial charge in [0, 0.05) is 6.42 Å². The highest BCUT2D eigenvalue weighted by molar-refractivity contribution is 5.32. The van der Waals surface area contributed by atoms with Crippen LogP contribution >= 0.6 is 0 Å². The van der Waals surface area contributed by atoms with Crippen LogP contribution in [0.2, 0.25) is 0 Å². The molecule has 1 nitrogen and oxygen atoms in total. The first-order valence-corrected chi connectivity index (χ1v) is 6.69. The molecule has 1 N–H and O–H groups in total. The summed E-state index contributed by atoms with van der Waals surface area (Å²) in [5.74, 6) is 0. The van der Waals surface area contributed by atoms with Gasteiger partial charge in [-0.1, -0.05) is 30.3 Å². The maximum absolute atomic E-state index is 12.7. The zero-order valence-electron chi connectivity index (χ0n) is 11.9. The van der Waals surface area contributed by atoms with Crippen molar-refractivity contribution in [1.29, 1.82) is 0 Å². The number of benzene rings is 2. The van der Waals surface area contributed by atoms with Crippen LogP contribution in [0.15, 0.2) is 42.5 Å². The molecule has 1 unspecified atom stereocenters. The summed E-state index contributed by atoms with van der Waals surface area (Å²) in [5, 5.41) is 10.2. The molecule has 2 aromatic rings. The number of aliphatic hydroxyl groups excluding tert-OH is 1. The second kappa shape index (κ2) is 5.90. The smallest absolute Gasteiger partial charge is 0.388 e. The largest absolute Gasteiger partial charge is 0.416 e. The zero-order valence-corrected chi connectivity index (χ0v) is 11.9. The van der Waals surface area contributed by atoms with Gasteiger partial charge in [-0.3, -0.25) is 0 Å². The predicted molar refractivity (Wildman–Crippen MR) is 76.0 cm³/mol. The van der Waals surface area contributed by atoms with Crippen molar-refractivity contribution in [1.82, 2.24) is 0 Å². The summed E-state index contributed by atoms with van der Waals surface area (Å²) >= 11 is 0. The van der Waals surface area contributed by atoms with Gasteiger partial charge in [-0.2, -0.15) is 13.2 Å². The van der Waals surface area contributed by atoms with Crippen molar-refractivity contribution in [2.45, 2.75) is 32.5 Å². The van der Waals surface area contributed by atoms with Gasteiger partial charge in [0.25, 0.3) is 0 Å². The van der Waals surface area contributed by atoms with Gasteiger partial charge >= 0.3 is 6.18 Å². The zero-order chi connectivity index (χ0) is 15.6. The molecule has 0 saturated carbocycles. The molecule has 0 amide bonds. The molecule has 1 atom stereocenters. The molecular formula is C17H17F3O. The maximum Gasteiger partial charge on any atom is 0.416 e. The number of alkyl halides is 3. The minimum absolute atomic E-state index is 0.281. The van der Waals surface area contributed by atoms with Crippen LogP contribution in [0.5, 0.6) is 0 Å². The molecule has 2 rings (SSSR count). The molecule has 0 saturated heterocycles. The Bertz CT molecular complexity index is 632. The molecule has 0 radical (unpaired) electrons. The van der Waals surface area contributed by atoms with Gasteiger partial charge in [-0.25, -0.2) is 0 Å². The van der Waals surface area contributed by atoms with Crippen molar-refractivity contribution in [3.63, 3.8) is 0 Å². The van der Waals surface area contributed by atoms with Crippen molar-refractivity contribution >= 4 is 0 Å². The summed E-state index contributed by atoms with van der Waals surface area (Å²) < 4.78 is 38.0. The van der Waals surface area contributed by atoms with Crippen LogP contribution in [-0.2, 0) is 12.6 Å². The Hall–Kier alpha value is -1.81. The molecule has 0 fully saturated rings. The Morgan fingerprint density at radius 2 is 1.71 bits per heavy atom. The van der Waals surface area contributed by atoms with Crippen molar-refractivity contribution in [3.05, 3.63) is 70.3 Å². The van der Waals surface area contributed by atoms with Gasteiger partial charge in [-0.15, -0.1) is 0 Å². The summed E-state index contributed by atoms with van der Waals surface area (Å²) in [6, 6.07) is 10.6. The molecule has 0 aromatic heterocycles. The normalized spacial score (nSPS) is 13.2. The summed E-state index contributed by atoms with van der Waals surface area (Å²) in [7, 11) is 0. The SMILES string of the molecule is Cc1ccc(CC(O)c2cccc(C(F)(F)F)c2)cc1C. The van der Waals surface area contributed by atoms with Crippen LogP contribution in [0.1, 0.15) is 33.9 Å². The van der Waals surface area contributed by atoms with Gasteiger partial charge in [0.2, 0.25) is 0 Å². The topological polar surface area (TPSA) is 20.2 Å². The molecule has 112 valence electrons. The van der Waals surface area contributed by atoms with Gasteiger partial charge < -0.3 is 5.11 Å². The van der Waals surface area contributed by atoms with Crippen molar-refractivity contribution in [2.24, 2.45) is 0 Å². The lowest BCUT2D eigenvalue weighted by Crippen LogP contribution is -2.08. The third-order valence-electron chi connectivity index (χ3n) is 3.60. The van der Waals surface area contributed by atoms with Gasteiger partial charge in [0.15, 0.2) is 0 Å². The Balaban J connectivity index is 2.20. The first-order valence-electron chi connectivity index (χ1n) is 6.69.